The lowest BCUT2D eigenvalue weighted by Gasteiger charge is -2.30. The molecule has 0 amide bonds. The highest BCUT2D eigenvalue weighted by molar-refractivity contribution is 6.14. The molecule has 0 saturated heterocycles. The fourth-order valence-electron chi connectivity index (χ4n) is 12.1. The van der Waals surface area contributed by atoms with E-state index >= 15 is 0 Å². The Morgan fingerprint density at radius 1 is 0.319 bits per heavy atom. The van der Waals surface area contributed by atoms with Crippen LogP contribution in [0.25, 0.3) is 54.9 Å². The maximum absolute atomic E-state index is 2.49. The lowest BCUT2D eigenvalue weighted by Crippen LogP contribution is -2.17. The summed E-state index contributed by atoms with van der Waals surface area (Å²) < 4.78 is 0. The number of para-hydroxylation sites is 1. The van der Waals surface area contributed by atoms with E-state index < -0.39 is 0 Å². The number of nitrogens with zero attached hydrogens (tertiary/aromatic N) is 2. The van der Waals surface area contributed by atoms with Crippen molar-refractivity contribution in [1.82, 2.24) is 0 Å². The molecule has 0 aliphatic heterocycles. The predicted molar refractivity (Wildman–Crippen MR) is 305 cm³/mol. The third-order valence-electron chi connectivity index (χ3n) is 15.9. The Bertz CT molecular complexity index is 3900. The summed E-state index contributed by atoms with van der Waals surface area (Å²) in [6.45, 7) is 11.7. The second-order valence-electron chi connectivity index (χ2n) is 21.0. The quantitative estimate of drug-likeness (QED) is 0.133. The van der Waals surface area contributed by atoms with Gasteiger partial charge in [0.2, 0.25) is 0 Å². The highest BCUT2D eigenvalue weighted by Gasteiger charge is 2.38. The van der Waals surface area contributed by atoms with Gasteiger partial charge in [-0.1, -0.05) is 209 Å². The van der Waals surface area contributed by atoms with Crippen LogP contribution >= 0.6 is 0 Å². The van der Waals surface area contributed by atoms with E-state index in [9.17, 15) is 0 Å². The molecular weight excluding hydrogens is 869 g/mol. The highest BCUT2D eigenvalue weighted by atomic mass is 15.1. The number of fused-ring (bicyclic) bond motifs is 9. The van der Waals surface area contributed by atoms with Crippen molar-refractivity contribution in [3.8, 4) is 33.4 Å². The molecule has 2 nitrogen and oxygen atoms in total. The number of rotatable bonds is 9. The molecular formula is C70H56N2. The van der Waals surface area contributed by atoms with Crippen LogP contribution < -0.4 is 9.80 Å². The van der Waals surface area contributed by atoms with Gasteiger partial charge in [-0.25, -0.2) is 0 Å². The van der Waals surface area contributed by atoms with E-state index in [1.54, 1.807) is 0 Å². The summed E-state index contributed by atoms with van der Waals surface area (Å²) in [7, 11) is 0. The summed E-state index contributed by atoms with van der Waals surface area (Å²) in [5.74, 6) is 0. The van der Waals surface area contributed by atoms with Crippen LogP contribution in [-0.4, -0.2) is 0 Å². The molecule has 0 N–H and O–H groups in total. The highest BCUT2D eigenvalue weighted by Crippen LogP contribution is 2.53. The van der Waals surface area contributed by atoms with Crippen molar-refractivity contribution in [2.45, 2.75) is 51.9 Å². The first-order valence-electron chi connectivity index (χ1n) is 25.5. The van der Waals surface area contributed by atoms with Crippen LogP contribution in [-0.2, 0) is 17.3 Å². The first kappa shape index (κ1) is 43.6. The number of anilines is 6. The number of aryl methyl sites for hydroxylation is 1. The van der Waals surface area contributed by atoms with Crippen molar-refractivity contribution in [1.29, 1.82) is 0 Å². The van der Waals surface area contributed by atoms with Gasteiger partial charge < -0.3 is 9.80 Å². The van der Waals surface area contributed by atoms with E-state index in [2.05, 4.69) is 281 Å². The monoisotopic (exact) mass is 924 g/mol. The van der Waals surface area contributed by atoms with Crippen LogP contribution in [0.2, 0.25) is 0 Å². The number of hydrogen-bond acceptors (Lipinski definition) is 2. The minimum Gasteiger partial charge on any atom is -0.310 e. The molecule has 0 fully saturated rings. The van der Waals surface area contributed by atoms with Gasteiger partial charge in [0.05, 0.1) is 11.4 Å². The minimum absolute atomic E-state index is 0.118. The van der Waals surface area contributed by atoms with E-state index in [1.165, 1.54) is 99.6 Å². The fraction of sp³-hybridized carbons (Fsp3) is 0.114. The molecule has 0 heterocycles. The third-order valence-corrected chi connectivity index (χ3v) is 15.9. The molecule has 0 unspecified atom stereocenters. The summed E-state index contributed by atoms with van der Waals surface area (Å²) in [6.07, 6.45) is 0.840. The van der Waals surface area contributed by atoms with Crippen molar-refractivity contribution < 1.29 is 0 Å². The SMILES string of the molecule is Cc1ccc(N(c2ccc3c(c2)C(C)(C)c2cc(Cc4ccc(N(c5ccc6c(c5)C(C)(C)c5ccccc5-6)c5cc6ccccc6c6ccccc56)cc4)ccc2-3)c2ccccc2-c2ccccc2)cc1. The molecule has 0 atom stereocenters. The van der Waals surface area contributed by atoms with Crippen molar-refractivity contribution in [2.24, 2.45) is 0 Å². The summed E-state index contributed by atoms with van der Waals surface area (Å²) in [5.41, 5.74) is 23.7. The average Bonchev–Trinajstić information content (AvgIpc) is 3.79. The second kappa shape index (κ2) is 16.9. The molecule has 0 spiro atoms. The average molecular weight is 925 g/mol. The van der Waals surface area contributed by atoms with Gasteiger partial charge in [-0.3, -0.25) is 0 Å². The summed E-state index contributed by atoms with van der Waals surface area (Å²) in [4.78, 5) is 4.92. The Labute approximate surface area is 424 Å². The van der Waals surface area contributed by atoms with Gasteiger partial charge >= 0.3 is 0 Å². The van der Waals surface area contributed by atoms with Crippen molar-refractivity contribution in [3.05, 3.63) is 276 Å². The molecule has 0 bridgehead atoms. The lowest BCUT2D eigenvalue weighted by molar-refractivity contribution is 0.659. The standard InChI is InChI=1S/C70H56N2/c1-46-27-32-51(33-28-46)71(67-26-16-14-21-56(67)49-17-7-6-8-18-49)53-36-40-61-59-38-31-48(42-64(59)70(4,5)66(61)44-53)41-47-29-34-52(35-30-47)72(68-43-50-19-9-10-20-55(50)57-22-11-12-24-62(57)68)54-37-39-60-58-23-13-15-25-63(58)69(2,3)65(60)45-54/h6-40,42-45H,41H2,1-5H3. The molecule has 72 heavy (non-hydrogen) atoms. The second-order valence-corrected chi connectivity index (χ2v) is 21.0. The Morgan fingerprint density at radius 2 is 0.792 bits per heavy atom. The van der Waals surface area contributed by atoms with Gasteiger partial charge in [-0.05, 0) is 151 Å². The predicted octanol–water partition coefficient (Wildman–Crippen LogP) is 19.1. The van der Waals surface area contributed by atoms with Gasteiger partial charge in [0, 0.05) is 44.5 Å². The van der Waals surface area contributed by atoms with Gasteiger partial charge in [0.15, 0.2) is 0 Å². The van der Waals surface area contributed by atoms with Gasteiger partial charge in [-0.15, -0.1) is 0 Å². The first-order chi connectivity index (χ1) is 35.1. The zero-order chi connectivity index (χ0) is 48.7. The zero-order valence-corrected chi connectivity index (χ0v) is 41.6. The number of hydrogen-bond donors (Lipinski definition) is 0. The van der Waals surface area contributed by atoms with Gasteiger partial charge in [0.1, 0.15) is 0 Å². The maximum atomic E-state index is 2.49. The molecule has 11 aromatic carbocycles. The molecule has 0 saturated carbocycles. The maximum Gasteiger partial charge on any atom is 0.0546 e. The van der Waals surface area contributed by atoms with Crippen LogP contribution in [0, 0.1) is 6.92 Å². The van der Waals surface area contributed by atoms with E-state index in [0.29, 0.717) is 0 Å². The Morgan fingerprint density at radius 3 is 1.49 bits per heavy atom. The Kier molecular flexibility index (Phi) is 10.2. The van der Waals surface area contributed by atoms with Crippen LogP contribution in [0.1, 0.15) is 66.6 Å². The first-order valence-corrected chi connectivity index (χ1v) is 25.5. The molecule has 11 aromatic rings. The Balaban J connectivity index is 0.852. The topological polar surface area (TPSA) is 6.48 Å². The van der Waals surface area contributed by atoms with Crippen molar-refractivity contribution in [3.63, 3.8) is 0 Å². The number of benzene rings is 11. The largest absolute Gasteiger partial charge is 0.310 e. The van der Waals surface area contributed by atoms with Crippen LogP contribution in [0.5, 0.6) is 0 Å². The fourth-order valence-corrected chi connectivity index (χ4v) is 12.1. The molecule has 2 aliphatic carbocycles. The summed E-state index contributed by atoms with van der Waals surface area (Å²) >= 11 is 0. The molecule has 0 radical (unpaired) electrons. The normalized spacial score (nSPS) is 13.6. The van der Waals surface area contributed by atoms with E-state index in [4.69, 9.17) is 0 Å². The van der Waals surface area contributed by atoms with E-state index in [1.807, 2.05) is 0 Å². The van der Waals surface area contributed by atoms with E-state index in [-0.39, 0.29) is 10.8 Å². The van der Waals surface area contributed by atoms with Crippen LogP contribution in [0.15, 0.2) is 237 Å². The van der Waals surface area contributed by atoms with Crippen molar-refractivity contribution >= 4 is 55.7 Å². The Hall–Kier alpha value is -8.46. The molecule has 2 heteroatoms. The molecule has 2 aliphatic rings. The van der Waals surface area contributed by atoms with Gasteiger partial charge in [-0.2, -0.15) is 0 Å². The molecule has 346 valence electrons. The summed E-state index contributed by atoms with van der Waals surface area (Å²) in [6, 6.07) is 88.2. The van der Waals surface area contributed by atoms with Crippen molar-refractivity contribution in [2.75, 3.05) is 9.80 Å². The van der Waals surface area contributed by atoms with E-state index in [0.717, 1.165) is 34.9 Å². The minimum atomic E-state index is -0.201. The summed E-state index contributed by atoms with van der Waals surface area (Å²) in [5, 5.41) is 5.00. The third kappa shape index (κ3) is 7.08. The van der Waals surface area contributed by atoms with Crippen LogP contribution in [0.4, 0.5) is 34.1 Å². The van der Waals surface area contributed by atoms with Crippen LogP contribution in [0.3, 0.4) is 0 Å². The zero-order valence-electron chi connectivity index (χ0n) is 41.6. The molecule has 0 aromatic heterocycles. The van der Waals surface area contributed by atoms with Gasteiger partial charge in [0.25, 0.3) is 0 Å². The molecule has 13 rings (SSSR count). The lowest BCUT2D eigenvalue weighted by atomic mass is 9.81. The smallest absolute Gasteiger partial charge is 0.0546 e.